The highest BCUT2D eigenvalue weighted by atomic mass is 32.2. The standard InChI is InChI=1S/C19H23N3O3S2/c1-15(2)22(10-11-23)27(24,25)18-14-21(13-16-7-4-3-5-8-16)20-19(18)17-9-6-12-26-17/h3-9,12,14-15,23H,10-11,13H2,1-2H3. The maximum atomic E-state index is 13.3. The maximum Gasteiger partial charge on any atom is 0.247 e. The number of aromatic nitrogens is 2. The van der Waals surface area contributed by atoms with Crippen molar-refractivity contribution in [1.82, 2.24) is 14.1 Å². The van der Waals surface area contributed by atoms with E-state index in [0.717, 1.165) is 10.4 Å². The van der Waals surface area contributed by atoms with Crippen molar-refractivity contribution in [2.45, 2.75) is 31.3 Å². The van der Waals surface area contributed by atoms with Gasteiger partial charge in [0.15, 0.2) is 0 Å². The third-order valence-electron chi connectivity index (χ3n) is 4.15. The fraction of sp³-hybridized carbons (Fsp3) is 0.316. The van der Waals surface area contributed by atoms with E-state index in [4.69, 9.17) is 0 Å². The predicted molar refractivity (Wildman–Crippen MR) is 107 cm³/mol. The van der Waals surface area contributed by atoms with Gasteiger partial charge in [-0.2, -0.15) is 9.40 Å². The number of aliphatic hydroxyl groups excluding tert-OH is 1. The average Bonchev–Trinajstić information content (AvgIpc) is 3.29. The Hall–Kier alpha value is -2.00. The first kappa shape index (κ1) is 19.8. The Morgan fingerprint density at radius 3 is 2.52 bits per heavy atom. The molecule has 0 fully saturated rings. The molecule has 2 aromatic heterocycles. The molecule has 1 aromatic carbocycles. The molecular formula is C19H23N3O3S2. The van der Waals surface area contributed by atoms with Gasteiger partial charge < -0.3 is 5.11 Å². The van der Waals surface area contributed by atoms with Crippen LogP contribution >= 0.6 is 11.3 Å². The number of hydrogen-bond acceptors (Lipinski definition) is 5. The van der Waals surface area contributed by atoms with Crippen molar-refractivity contribution in [3.05, 3.63) is 59.6 Å². The third kappa shape index (κ3) is 4.30. The monoisotopic (exact) mass is 405 g/mol. The lowest BCUT2D eigenvalue weighted by Gasteiger charge is -2.24. The molecule has 0 saturated heterocycles. The molecule has 3 aromatic rings. The smallest absolute Gasteiger partial charge is 0.247 e. The average molecular weight is 406 g/mol. The second-order valence-corrected chi connectivity index (χ2v) is 9.24. The highest BCUT2D eigenvalue weighted by molar-refractivity contribution is 7.89. The van der Waals surface area contributed by atoms with E-state index in [2.05, 4.69) is 5.10 Å². The second kappa shape index (κ2) is 8.35. The minimum absolute atomic E-state index is 0.0494. The Balaban J connectivity index is 2.07. The van der Waals surface area contributed by atoms with Gasteiger partial charge in [-0.3, -0.25) is 4.68 Å². The quantitative estimate of drug-likeness (QED) is 0.625. The highest BCUT2D eigenvalue weighted by Crippen LogP contribution is 2.32. The lowest BCUT2D eigenvalue weighted by Crippen LogP contribution is -2.39. The number of rotatable bonds is 8. The molecule has 0 aliphatic rings. The summed E-state index contributed by atoms with van der Waals surface area (Å²) in [6.07, 6.45) is 1.59. The first-order chi connectivity index (χ1) is 12.9. The van der Waals surface area contributed by atoms with Gasteiger partial charge in [-0.1, -0.05) is 36.4 Å². The minimum Gasteiger partial charge on any atom is -0.395 e. The zero-order valence-electron chi connectivity index (χ0n) is 15.3. The Morgan fingerprint density at radius 2 is 1.93 bits per heavy atom. The van der Waals surface area contributed by atoms with E-state index in [0.29, 0.717) is 12.2 Å². The normalized spacial score (nSPS) is 12.2. The van der Waals surface area contributed by atoms with Gasteiger partial charge in [-0.15, -0.1) is 11.3 Å². The summed E-state index contributed by atoms with van der Waals surface area (Å²) in [5.74, 6) is 0. The van der Waals surface area contributed by atoms with E-state index in [1.165, 1.54) is 15.6 Å². The fourth-order valence-electron chi connectivity index (χ4n) is 2.91. The molecule has 27 heavy (non-hydrogen) atoms. The van der Waals surface area contributed by atoms with E-state index in [1.807, 2.05) is 47.8 Å². The first-order valence-corrected chi connectivity index (χ1v) is 11.0. The van der Waals surface area contributed by atoms with Crippen LogP contribution in [0.2, 0.25) is 0 Å². The van der Waals surface area contributed by atoms with Gasteiger partial charge in [-0.05, 0) is 30.9 Å². The summed E-state index contributed by atoms with van der Waals surface area (Å²) < 4.78 is 29.6. The molecule has 0 saturated carbocycles. The molecule has 8 heteroatoms. The molecular weight excluding hydrogens is 382 g/mol. The third-order valence-corrected chi connectivity index (χ3v) is 7.11. The van der Waals surface area contributed by atoms with Crippen LogP contribution in [-0.4, -0.2) is 46.8 Å². The van der Waals surface area contributed by atoms with Crippen LogP contribution in [-0.2, 0) is 16.6 Å². The van der Waals surface area contributed by atoms with Gasteiger partial charge in [0.05, 0.1) is 18.0 Å². The van der Waals surface area contributed by atoms with Gasteiger partial charge in [0.1, 0.15) is 10.6 Å². The Labute approximate surface area is 163 Å². The van der Waals surface area contributed by atoms with Crippen LogP contribution in [0, 0.1) is 0 Å². The fourth-order valence-corrected chi connectivity index (χ4v) is 5.48. The van der Waals surface area contributed by atoms with Crippen molar-refractivity contribution in [3.8, 4) is 10.6 Å². The summed E-state index contributed by atoms with van der Waals surface area (Å²) in [5, 5.41) is 15.8. The molecule has 0 bridgehead atoms. The van der Waals surface area contributed by atoms with Crippen molar-refractivity contribution < 1.29 is 13.5 Å². The number of nitrogens with zero attached hydrogens (tertiary/aromatic N) is 3. The van der Waals surface area contributed by atoms with Crippen LogP contribution in [0.15, 0.2) is 58.9 Å². The molecule has 1 N–H and O–H groups in total. The van der Waals surface area contributed by atoms with E-state index in [1.54, 1.807) is 24.7 Å². The largest absolute Gasteiger partial charge is 0.395 e. The summed E-state index contributed by atoms with van der Waals surface area (Å²) in [7, 11) is -3.79. The number of hydrogen-bond donors (Lipinski definition) is 1. The first-order valence-electron chi connectivity index (χ1n) is 8.71. The summed E-state index contributed by atoms with van der Waals surface area (Å²) in [5.41, 5.74) is 1.49. The summed E-state index contributed by atoms with van der Waals surface area (Å²) in [4.78, 5) is 0.969. The van der Waals surface area contributed by atoms with Crippen molar-refractivity contribution in [3.63, 3.8) is 0 Å². The van der Waals surface area contributed by atoms with Crippen LogP contribution in [0.25, 0.3) is 10.6 Å². The van der Waals surface area contributed by atoms with E-state index < -0.39 is 10.0 Å². The molecule has 0 spiro atoms. The Kier molecular flexibility index (Phi) is 6.11. The second-order valence-electron chi connectivity index (χ2n) is 6.44. The SMILES string of the molecule is CC(C)N(CCO)S(=O)(=O)c1cn(Cc2ccccc2)nc1-c1cccs1. The lowest BCUT2D eigenvalue weighted by molar-refractivity contribution is 0.236. The zero-order valence-corrected chi connectivity index (χ0v) is 16.9. The van der Waals surface area contributed by atoms with Crippen molar-refractivity contribution >= 4 is 21.4 Å². The van der Waals surface area contributed by atoms with Gasteiger partial charge in [0, 0.05) is 18.8 Å². The van der Waals surface area contributed by atoms with E-state index in [9.17, 15) is 13.5 Å². The number of benzene rings is 1. The molecule has 144 valence electrons. The lowest BCUT2D eigenvalue weighted by atomic mass is 10.2. The van der Waals surface area contributed by atoms with Gasteiger partial charge in [-0.25, -0.2) is 8.42 Å². The molecule has 3 rings (SSSR count). The number of sulfonamides is 1. The van der Waals surface area contributed by atoms with Crippen molar-refractivity contribution in [2.24, 2.45) is 0 Å². The molecule has 0 atom stereocenters. The molecule has 2 heterocycles. The number of aliphatic hydroxyl groups is 1. The topological polar surface area (TPSA) is 75.4 Å². The molecule has 0 amide bonds. The molecule has 0 radical (unpaired) electrons. The van der Waals surface area contributed by atoms with Crippen LogP contribution in [0.1, 0.15) is 19.4 Å². The van der Waals surface area contributed by atoms with Gasteiger partial charge >= 0.3 is 0 Å². The van der Waals surface area contributed by atoms with E-state index >= 15 is 0 Å². The molecule has 0 aliphatic heterocycles. The molecule has 0 unspecified atom stereocenters. The Morgan fingerprint density at radius 1 is 1.19 bits per heavy atom. The Bertz CT molecular complexity index is 965. The van der Waals surface area contributed by atoms with Crippen LogP contribution < -0.4 is 0 Å². The van der Waals surface area contributed by atoms with Crippen molar-refractivity contribution in [1.29, 1.82) is 0 Å². The van der Waals surface area contributed by atoms with Crippen LogP contribution in [0.4, 0.5) is 0 Å². The predicted octanol–water partition coefficient (Wildman–Crippen LogP) is 3.05. The number of thiophene rings is 1. The van der Waals surface area contributed by atoms with Gasteiger partial charge in [0.25, 0.3) is 0 Å². The summed E-state index contributed by atoms with van der Waals surface area (Å²) in [6.45, 7) is 3.90. The minimum atomic E-state index is -3.79. The summed E-state index contributed by atoms with van der Waals surface area (Å²) >= 11 is 1.45. The molecule has 0 aliphatic carbocycles. The van der Waals surface area contributed by atoms with Crippen LogP contribution in [0.5, 0.6) is 0 Å². The van der Waals surface area contributed by atoms with Gasteiger partial charge in [0.2, 0.25) is 10.0 Å². The highest BCUT2D eigenvalue weighted by Gasteiger charge is 2.32. The summed E-state index contributed by atoms with van der Waals surface area (Å²) in [6, 6.07) is 13.3. The van der Waals surface area contributed by atoms with Crippen LogP contribution in [0.3, 0.4) is 0 Å². The molecule has 6 nitrogen and oxygen atoms in total. The zero-order chi connectivity index (χ0) is 19.4. The van der Waals surface area contributed by atoms with Crippen molar-refractivity contribution in [2.75, 3.05) is 13.2 Å². The maximum absolute atomic E-state index is 13.3. The van der Waals surface area contributed by atoms with E-state index in [-0.39, 0.29) is 24.1 Å².